The molecule has 1 aromatic heterocycles. The molecular formula is C16H13ClFN3. The van der Waals surface area contributed by atoms with Crippen LogP contribution in [-0.2, 0) is 0 Å². The molecule has 0 bridgehead atoms. The van der Waals surface area contributed by atoms with Crippen LogP contribution in [0.1, 0.15) is 18.9 Å². The van der Waals surface area contributed by atoms with Crippen LogP contribution in [0.2, 0.25) is 5.02 Å². The van der Waals surface area contributed by atoms with Gasteiger partial charge >= 0.3 is 0 Å². The maximum Gasteiger partial charge on any atom is 0.144 e. The normalized spacial score (nSPS) is 14.8. The van der Waals surface area contributed by atoms with Gasteiger partial charge in [-0.2, -0.15) is 0 Å². The van der Waals surface area contributed by atoms with Gasteiger partial charge < -0.3 is 10.3 Å². The molecule has 106 valence electrons. The third-order valence-corrected chi connectivity index (χ3v) is 4.11. The summed E-state index contributed by atoms with van der Waals surface area (Å²) in [5.74, 6) is 0.280. The Labute approximate surface area is 126 Å². The Morgan fingerprint density at radius 1 is 1.24 bits per heavy atom. The highest BCUT2D eigenvalue weighted by molar-refractivity contribution is 6.35. The van der Waals surface area contributed by atoms with Crippen molar-refractivity contribution in [1.29, 1.82) is 0 Å². The second kappa shape index (κ2) is 4.46. The van der Waals surface area contributed by atoms with Crippen LogP contribution >= 0.6 is 11.6 Å². The van der Waals surface area contributed by atoms with Crippen molar-refractivity contribution in [1.82, 2.24) is 9.55 Å². The number of anilines is 1. The first-order chi connectivity index (χ1) is 10.1. The van der Waals surface area contributed by atoms with E-state index in [9.17, 15) is 4.39 Å². The van der Waals surface area contributed by atoms with E-state index in [-0.39, 0.29) is 5.82 Å². The van der Waals surface area contributed by atoms with Gasteiger partial charge in [0.1, 0.15) is 11.6 Å². The first kappa shape index (κ1) is 12.7. The fourth-order valence-electron chi connectivity index (χ4n) is 2.70. The average molecular weight is 302 g/mol. The number of benzene rings is 2. The Morgan fingerprint density at radius 2 is 2.05 bits per heavy atom. The number of para-hydroxylation sites is 1. The number of rotatable bonds is 2. The van der Waals surface area contributed by atoms with Crippen LogP contribution in [0.4, 0.5) is 10.1 Å². The van der Waals surface area contributed by atoms with Crippen LogP contribution < -0.4 is 5.73 Å². The van der Waals surface area contributed by atoms with Crippen molar-refractivity contribution in [2.75, 3.05) is 5.73 Å². The van der Waals surface area contributed by atoms with E-state index in [4.69, 9.17) is 17.3 Å². The van der Waals surface area contributed by atoms with Crippen molar-refractivity contribution in [2.45, 2.75) is 18.9 Å². The van der Waals surface area contributed by atoms with Crippen molar-refractivity contribution >= 4 is 28.3 Å². The fraction of sp³-hybridized carbons (Fsp3) is 0.188. The highest BCUT2D eigenvalue weighted by atomic mass is 35.5. The number of fused-ring (bicyclic) bond motifs is 1. The number of hydrogen-bond donors (Lipinski definition) is 1. The van der Waals surface area contributed by atoms with E-state index < -0.39 is 0 Å². The molecule has 1 aliphatic rings. The molecule has 0 spiro atoms. The first-order valence-electron chi connectivity index (χ1n) is 6.87. The monoisotopic (exact) mass is 301 g/mol. The maximum atomic E-state index is 14.2. The maximum absolute atomic E-state index is 14.2. The van der Waals surface area contributed by atoms with Gasteiger partial charge in [-0.25, -0.2) is 9.37 Å². The molecule has 2 aromatic carbocycles. The fourth-order valence-corrected chi connectivity index (χ4v) is 2.96. The van der Waals surface area contributed by atoms with E-state index in [1.165, 1.54) is 6.07 Å². The van der Waals surface area contributed by atoms with E-state index >= 15 is 0 Å². The van der Waals surface area contributed by atoms with Gasteiger partial charge in [0.05, 0.1) is 21.6 Å². The molecule has 3 nitrogen and oxygen atoms in total. The molecule has 4 rings (SSSR count). The predicted molar refractivity (Wildman–Crippen MR) is 82.8 cm³/mol. The molecule has 5 heteroatoms. The predicted octanol–water partition coefficient (Wildman–Crippen LogP) is 4.41. The minimum Gasteiger partial charge on any atom is -0.399 e. The molecule has 1 heterocycles. The van der Waals surface area contributed by atoms with Gasteiger partial charge in [-0.05, 0) is 43.2 Å². The van der Waals surface area contributed by atoms with Crippen molar-refractivity contribution in [3.8, 4) is 11.4 Å². The van der Waals surface area contributed by atoms with Crippen LogP contribution in [-0.4, -0.2) is 9.55 Å². The van der Waals surface area contributed by atoms with Gasteiger partial charge in [0, 0.05) is 11.7 Å². The van der Waals surface area contributed by atoms with Crippen LogP contribution in [0.3, 0.4) is 0 Å². The molecule has 3 aromatic rings. The molecule has 21 heavy (non-hydrogen) atoms. The largest absolute Gasteiger partial charge is 0.399 e. The highest BCUT2D eigenvalue weighted by Gasteiger charge is 2.30. The number of hydrogen-bond acceptors (Lipinski definition) is 2. The number of halogens is 2. The molecule has 0 atom stereocenters. The Morgan fingerprint density at radius 3 is 2.81 bits per heavy atom. The van der Waals surface area contributed by atoms with Gasteiger partial charge in [0.2, 0.25) is 0 Å². The second-order valence-corrected chi connectivity index (χ2v) is 5.79. The van der Waals surface area contributed by atoms with Gasteiger partial charge in [-0.1, -0.05) is 17.7 Å². The summed E-state index contributed by atoms with van der Waals surface area (Å²) in [6.45, 7) is 0. The minimum absolute atomic E-state index is 0.322. The lowest BCUT2D eigenvalue weighted by molar-refractivity contribution is 0.627. The molecule has 0 aliphatic heterocycles. The molecule has 0 saturated heterocycles. The zero-order valence-corrected chi connectivity index (χ0v) is 11.9. The molecule has 1 aliphatic carbocycles. The molecule has 1 fully saturated rings. The van der Waals surface area contributed by atoms with Crippen molar-refractivity contribution in [2.24, 2.45) is 0 Å². The van der Waals surface area contributed by atoms with Crippen molar-refractivity contribution in [3.05, 3.63) is 47.2 Å². The lowest BCUT2D eigenvalue weighted by Crippen LogP contribution is -2.00. The summed E-state index contributed by atoms with van der Waals surface area (Å²) in [6.07, 6.45) is 2.13. The summed E-state index contributed by atoms with van der Waals surface area (Å²) in [5.41, 5.74) is 8.40. The lowest BCUT2D eigenvalue weighted by Gasteiger charge is -2.09. The van der Waals surface area contributed by atoms with Crippen LogP contribution in [0, 0.1) is 5.82 Å². The van der Waals surface area contributed by atoms with Gasteiger partial charge in [0.15, 0.2) is 0 Å². The molecule has 0 unspecified atom stereocenters. The molecule has 0 amide bonds. The van der Waals surface area contributed by atoms with E-state index in [2.05, 4.69) is 9.55 Å². The number of aromatic nitrogens is 2. The zero-order chi connectivity index (χ0) is 14.6. The van der Waals surface area contributed by atoms with E-state index in [1.807, 2.05) is 18.2 Å². The van der Waals surface area contributed by atoms with Crippen molar-refractivity contribution in [3.63, 3.8) is 0 Å². The molecule has 0 radical (unpaired) electrons. The molecular weight excluding hydrogens is 289 g/mol. The summed E-state index contributed by atoms with van der Waals surface area (Å²) < 4.78 is 16.3. The molecule has 1 saturated carbocycles. The second-order valence-electron chi connectivity index (χ2n) is 5.38. The number of nitrogens with zero attached hydrogens (tertiary/aromatic N) is 2. The molecule has 2 N–H and O–H groups in total. The third kappa shape index (κ3) is 1.98. The topological polar surface area (TPSA) is 43.8 Å². The highest BCUT2D eigenvalue weighted by Crippen LogP contribution is 2.43. The zero-order valence-electron chi connectivity index (χ0n) is 11.2. The standard InChI is InChI=1S/C16H13ClFN3/c17-12-2-1-3-14-15(12)21(10-5-6-10)16(20-14)11-8-9(19)4-7-13(11)18/h1-4,7-8,10H,5-6,19H2. The van der Waals surface area contributed by atoms with E-state index in [0.717, 1.165) is 23.9 Å². The van der Waals surface area contributed by atoms with Gasteiger partial charge in [-0.15, -0.1) is 0 Å². The summed E-state index contributed by atoms with van der Waals surface area (Å²) in [7, 11) is 0. The van der Waals surface area contributed by atoms with E-state index in [0.29, 0.717) is 28.1 Å². The quantitative estimate of drug-likeness (QED) is 0.712. The van der Waals surface area contributed by atoms with Crippen LogP contribution in [0.15, 0.2) is 36.4 Å². The SMILES string of the molecule is Nc1ccc(F)c(-c2nc3cccc(Cl)c3n2C2CC2)c1. The number of nitrogens with two attached hydrogens (primary N) is 1. The van der Waals surface area contributed by atoms with Gasteiger partial charge in [0.25, 0.3) is 0 Å². The Kier molecular flexibility index (Phi) is 2.69. The van der Waals surface area contributed by atoms with Gasteiger partial charge in [-0.3, -0.25) is 0 Å². The summed E-state index contributed by atoms with van der Waals surface area (Å²) in [4.78, 5) is 4.59. The lowest BCUT2D eigenvalue weighted by atomic mass is 10.1. The first-order valence-corrected chi connectivity index (χ1v) is 7.25. The Bertz CT molecular complexity index is 852. The number of nitrogen functional groups attached to an aromatic ring is 1. The summed E-state index contributed by atoms with van der Waals surface area (Å²) >= 11 is 6.33. The van der Waals surface area contributed by atoms with E-state index in [1.54, 1.807) is 12.1 Å². The summed E-state index contributed by atoms with van der Waals surface area (Å²) in [6, 6.07) is 10.5. The third-order valence-electron chi connectivity index (χ3n) is 3.80. The van der Waals surface area contributed by atoms with Crippen LogP contribution in [0.25, 0.3) is 22.4 Å². The average Bonchev–Trinajstić information content (AvgIpc) is 3.22. The van der Waals surface area contributed by atoms with Crippen LogP contribution in [0.5, 0.6) is 0 Å². The number of imidazole rings is 1. The minimum atomic E-state index is -0.322. The Balaban J connectivity index is 2.07. The Hall–Kier alpha value is -2.07. The summed E-state index contributed by atoms with van der Waals surface area (Å²) in [5, 5.41) is 0.641. The smallest absolute Gasteiger partial charge is 0.144 e. The van der Waals surface area contributed by atoms with Crippen molar-refractivity contribution < 1.29 is 4.39 Å².